The number of anilines is 1. The van der Waals surface area contributed by atoms with Gasteiger partial charge in [0, 0.05) is 24.7 Å². The summed E-state index contributed by atoms with van der Waals surface area (Å²) in [5, 5.41) is 7.91. The number of nitrogens with one attached hydrogen (secondary N) is 1. The molecule has 2 heterocycles. The van der Waals surface area contributed by atoms with Crippen LogP contribution in [0.3, 0.4) is 0 Å². The first-order valence-corrected chi connectivity index (χ1v) is 12.0. The zero-order valence-electron chi connectivity index (χ0n) is 18.0. The minimum absolute atomic E-state index is 0.0526. The van der Waals surface area contributed by atoms with E-state index in [4.69, 9.17) is 5.14 Å². The van der Waals surface area contributed by atoms with Crippen molar-refractivity contribution in [3.63, 3.8) is 0 Å². The van der Waals surface area contributed by atoms with Crippen molar-refractivity contribution in [3.8, 4) is 0 Å². The van der Waals surface area contributed by atoms with Crippen molar-refractivity contribution in [2.75, 3.05) is 18.4 Å². The van der Waals surface area contributed by atoms with Crippen LogP contribution in [0.1, 0.15) is 12.8 Å². The summed E-state index contributed by atoms with van der Waals surface area (Å²) in [7, 11) is -3.81. The Morgan fingerprint density at radius 1 is 1.12 bits per heavy atom. The number of amides is 2. The molecule has 0 radical (unpaired) electrons. The largest absolute Gasteiger partial charge is 0.341 e. The van der Waals surface area contributed by atoms with Crippen LogP contribution in [0, 0.1) is 11.7 Å². The monoisotopic (exact) mass is 487 g/mol. The van der Waals surface area contributed by atoms with Gasteiger partial charge in [0.25, 0.3) is 5.56 Å². The summed E-state index contributed by atoms with van der Waals surface area (Å²) < 4.78 is 37.3. The molecule has 0 bridgehead atoms. The lowest BCUT2D eigenvalue weighted by molar-refractivity contribution is -0.135. The van der Waals surface area contributed by atoms with Gasteiger partial charge in [0.1, 0.15) is 12.4 Å². The van der Waals surface area contributed by atoms with E-state index in [2.05, 4.69) is 10.3 Å². The Labute approximate surface area is 194 Å². The molecular formula is C22H22FN5O5S. The molecule has 10 nitrogen and oxygen atoms in total. The van der Waals surface area contributed by atoms with E-state index < -0.39 is 21.4 Å². The van der Waals surface area contributed by atoms with Gasteiger partial charge in [-0.1, -0.05) is 0 Å². The van der Waals surface area contributed by atoms with Crippen molar-refractivity contribution < 1.29 is 22.4 Å². The number of hydrogen-bond donors (Lipinski definition) is 2. The fraction of sp³-hybridized carbons (Fsp3) is 0.273. The summed E-state index contributed by atoms with van der Waals surface area (Å²) in [5.41, 5.74) is 0.289. The molecule has 1 aromatic heterocycles. The van der Waals surface area contributed by atoms with E-state index in [0.717, 1.165) is 10.6 Å². The number of hydrogen-bond acceptors (Lipinski definition) is 6. The first kappa shape index (κ1) is 23.5. The summed E-state index contributed by atoms with van der Waals surface area (Å²) in [5.74, 6) is -1.41. The van der Waals surface area contributed by atoms with E-state index in [1.54, 1.807) is 4.90 Å². The predicted molar refractivity (Wildman–Crippen MR) is 122 cm³/mol. The molecule has 34 heavy (non-hydrogen) atoms. The Bertz CT molecular complexity index is 1410. The van der Waals surface area contributed by atoms with Gasteiger partial charge in [0.15, 0.2) is 0 Å². The number of rotatable bonds is 5. The van der Waals surface area contributed by atoms with Crippen LogP contribution in [0.2, 0.25) is 0 Å². The maximum absolute atomic E-state index is 13.5. The van der Waals surface area contributed by atoms with Gasteiger partial charge in [0.05, 0.1) is 22.1 Å². The van der Waals surface area contributed by atoms with Gasteiger partial charge < -0.3 is 10.2 Å². The van der Waals surface area contributed by atoms with Crippen molar-refractivity contribution in [3.05, 3.63) is 65.0 Å². The van der Waals surface area contributed by atoms with E-state index in [1.165, 1.54) is 42.7 Å². The standard InChI is InChI=1S/C22H22FN5O5S/c23-15-1-6-19-18(11-15)22(31)28(13-25-19)12-20(29)27-9-7-14(8-10-27)21(30)26-16-2-4-17(5-3-16)34(24,32)33/h1-6,11,13-14H,7-10,12H2,(H,26,30)(H2,24,32,33). The molecule has 3 aromatic rings. The van der Waals surface area contributed by atoms with Gasteiger partial charge in [-0.05, 0) is 55.3 Å². The highest BCUT2D eigenvalue weighted by Crippen LogP contribution is 2.21. The topological polar surface area (TPSA) is 144 Å². The number of carbonyl (C=O) groups is 2. The van der Waals surface area contributed by atoms with Crippen LogP contribution >= 0.6 is 0 Å². The van der Waals surface area contributed by atoms with E-state index in [9.17, 15) is 27.2 Å². The van der Waals surface area contributed by atoms with Crippen molar-refractivity contribution in [2.45, 2.75) is 24.3 Å². The quantitative estimate of drug-likeness (QED) is 0.551. The molecule has 0 unspecified atom stereocenters. The van der Waals surface area contributed by atoms with Gasteiger partial charge >= 0.3 is 0 Å². The molecule has 2 amide bonds. The highest BCUT2D eigenvalue weighted by atomic mass is 32.2. The molecule has 0 aliphatic carbocycles. The summed E-state index contributed by atoms with van der Waals surface area (Å²) >= 11 is 0. The fourth-order valence-electron chi connectivity index (χ4n) is 3.85. The molecule has 0 atom stereocenters. The lowest BCUT2D eigenvalue weighted by atomic mass is 9.95. The fourth-order valence-corrected chi connectivity index (χ4v) is 4.37. The second kappa shape index (κ2) is 9.31. The third kappa shape index (κ3) is 5.13. The van der Waals surface area contributed by atoms with Gasteiger partial charge in [-0.3, -0.25) is 19.0 Å². The molecule has 0 spiro atoms. The number of nitrogens with zero attached hydrogens (tertiary/aromatic N) is 3. The Morgan fingerprint density at radius 2 is 1.79 bits per heavy atom. The summed E-state index contributed by atoms with van der Waals surface area (Å²) in [4.78, 5) is 43.5. The van der Waals surface area contributed by atoms with Crippen LogP contribution in [0.4, 0.5) is 10.1 Å². The van der Waals surface area contributed by atoms with Gasteiger partial charge in [-0.15, -0.1) is 0 Å². The maximum atomic E-state index is 13.5. The van der Waals surface area contributed by atoms with E-state index in [0.29, 0.717) is 37.1 Å². The number of likely N-dealkylation sites (tertiary alicyclic amines) is 1. The number of benzene rings is 2. The first-order chi connectivity index (χ1) is 16.1. The first-order valence-electron chi connectivity index (χ1n) is 10.5. The average molecular weight is 488 g/mol. The second-order valence-electron chi connectivity index (χ2n) is 8.05. The maximum Gasteiger partial charge on any atom is 0.261 e. The number of aromatic nitrogens is 2. The number of halogens is 1. The minimum atomic E-state index is -3.81. The lowest BCUT2D eigenvalue weighted by Gasteiger charge is -2.31. The molecular weight excluding hydrogens is 465 g/mol. The third-order valence-corrected chi connectivity index (χ3v) is 6.69. The number of carbonyl (C=O) groups excluding carboxylic acids is 2. The van der Waals surface area contributed by atoms with Crippen molar-refractivity contribution in [1.82, 2.24) is 14.5 Å². The van der Waals surface area contributed by atoms with E-state index >= 15 is 0 Å². The van der Waals surface area contributed by atoms with Crippen LogP contribution in [0.25, 0.3) is 10.9 Å². The SMILES string of the molecule is NS(=O)(=O)c1ccc(NC(=O)C2CCN(C(=O)Cn3cnc4ccc(F)cc4c3=O)CC2)cc1. The molecule has 1 fully saturated rings. The second-order valence-corrected chi connectivity index (χ2v) is 9.61. The van der Waals surface area contributed by atoms with E-state index in [1.807, 2.05) is 0 Å². The van der Waals surface area contributed by atoms with Crippen molar-refractivity contribution in [1.29, 1.82) is 0 Å². The molecule has 2 aromatic carbocycles. The van der Waals surface area contributed by atoms with E-state index in [-0.39, 0.29) is 34.6 Å². The van der Waals surface area contributed by atoms with Gasteiger partial charge in [0.2, 0.25) is 21.8 Å². The summed E-state index contributed by atoms with van der Waals surface area (Å²) in [6.07, 6.45) is 2.13. The zero-order chi connectivity index (χ0) is 24.5. The smallest absolute Gasteiger partial charge is 0.261 e. The number of nitrogens with two attached hydrogens (primary N) is 1. The summed E-state index contributed by atoms with van der Waals surface area (Å²) in [6.45, 7) is 0.447. The molecule has 4 rings (SSSR count). The van der Waals surface area contributed by atoms with Crippen LogP contribution < -0.4 is 16.0 Å². The highest BCUT2D eigenvalue weighted by Gasteiger charge is 2.27. The third-order valence-electron chi connectivity index (χ3n) is 5.76. The van der Waals surface area contributed by atoms with Gasteiger partial charge in [-0.25, -0.2) is 22.9 Å². The van der Waals surface area contributed by atoms with Crippen LogP contribution in [-0.4, -0.2) is 47.8 Å². The minimum Gasteiger partial charge on any atom is -0.341 e. The zero-order valence-corrected chi connectivity index (χ0v) is 18.8. The van der Waals surface area contributed by atoms with Crippen molar-refractivity contribution >= 4 is 38.4 Å². The summed E-state index contributed by atoms with van der Waals surface area (Å²) in [6, 6.07) is 9.24. The molecule has 1 aliphatic rings. The number of fused-ring (bicyclic) bond motifs is 1. The Kier molecular flexibility index (Phi) is 6.44. The van der Waals surface area contributed by atoms with Crippen molar-refractivity contribution in [2.24, 2.45) is 11.1 Å². The predicted octanol–water partition coefficient (Wildman–Crippen LogP) is 1.06. The lowest BCUT2D eigenvalue weighted by Crippen LogP contribution is -2.43. The Morgan fingerprint density at radius 3 is 2.44 bits per heavy atom. The van der Waals surface area contributed by atoms with Crippen LogP contribution in [0.5, 0.6) is 0 Å². The normalized spacial score (nSPS) is 14.8. The van der Waals surface area contributed by atoms with Crippen LogP contribution in [-0.2, 0) is 26.2 Å². The molecule has 1 aliphatic heterocycles. The number of sulfonamides is 1. The Hall–Kier alpha value is -3.64. The number of primary sulfonamides is 1. The molecule has 178 valence electrons. The molecule has 12 heteroatoms. The average Bonchev–Trinajstić information content (AvgIpc) is 2.81. The Balaban J connectivity index is 1.34. The molecule has 3 N–H and O–H groups in total. The number of piperidine rings is 1. The highest BCUT2D eigenvalue weighted by molar-refractivity contribution is 7.89. The molecule has 0 saturated carbocycles. The van der Waals surface area contributed by atoms with Gasteiger partial charge in [-0.2, -0.15) is 0 Å². The van der Waals surface area contributed by atoms with Crippen LogP contribution in [0.15, 0.2) is 58.5 Å². The molecule has 1 saturated heterocycles.